The molecular weight excluding hydrogens is 259 g/mol. The molecule has 0 radical (unpaired) electrons. The van der Waals surface area contributed by atoms with Crippen molar-refractivity contribution in [3.05, 3.63) is 41.5 Å². The van der Waals surface area contributed by atoms with Crippen LogP contribution in [0.1, 0.15) is 11.4 Å². The standard InChI is InChI=1S/C13H13FN6/c1-7-17-10-11(15)18-13(16)19-12(10)20(7)6-8-2-4-9(14)5-3-8/h2-5H,6H2,1H3,(H4,15,16,18,19). The molecule has 0 spiro atoms. The second-order valence-corrected chi connectivity index (χ2v) is 4.51. The van der Waals surface area contributed by atoms with E-state index in [1.165, 1.54) is 12.1 Å². The van der Waals surface area contributed by atoms with Gasteiger partial charge in [-0.1, -0.05) is 12.1 Å². The van der Waals surface area contributed by atoms with Gasteiger partial charge in [0.2, 0.25) is 5.95 Å². The van der Waals surface area contributed by atoms with Crippen LogP contribution < -0.4 is 11.5 Å². The van der Waals surface area contributed by atoms with E-state index in [1.54, 1.807) is 12.1 Å². The SMILES string of the molecule is Cc1nc2c(N)nc(N)nc2n1Cc1ccc(F)cc1. The first-order chi connectivity index (χ1) is 9.54. The number of fused-ring (bicyclic) bond motifs is 1. The van der Waals surface area contributed by atoms with Gasteiger partial charge in [0.1, 0.15) is 11.6 Å². The zero-order valence-electron chi connectivity index (χ0n) is 10.8. The molecule has 0 aliphatic carbocycles. The van der Waals surface area contributed by atoms with Crippen molar-refractivity contribution < 1.29 is 4.39 Å². The van der Waals surface area contributed by atoms with Crippen molar-refractivity contribution in [2.75, 3.05) is 11.5 Å². The molecule has 2 heterocycles. The minimum atomic E-state index is -0.267. The number of aryl methyl sites for hydroxylation is 1. The topological polar surface area (TPSA) is 95.6 Å². The maximum absolute atomic E-state index is 12.9. The van der Waals surface area contributed by atoms with Gasteiger partial charge in [-0.25, -0.2) is 9.37 Å². The summed E-state index contributed by atoms with van der Waals surface area (Å²) >= 11 is 0. The van der Waals surface area contributed by atoms with Crippen LogP contribution >= 0.6 is 0 Å². The molecule has 20 heavy (non-hydrogen) atoms. The second-order valence-electron chi connectivity index (χ2n) is 4.51. The third-order valence-corrected chi connectivity index (χ3v) is 3.08. The molecule has 0 fully saturated rings. The number of imidazole rings is 1. The number of rotatable bonds is 2. The van der Waals surface area contributed by atoms with Crippen LogP contribution in [-0.4, -0.2) is 19.5 Å². The second kappa shape index (κ2) is 4.44. The molecule has 3 rings (SSSR count). The molecule has 2 aromatic heterocycles. The van der Waals surface area contributed by atoms with Gasteiger partial charge in [-0.15, -0.1) is 0 Å². The molecule has 3 aromatic rings. The summed E-state index contributed by atoms with van der Waals surface area (Å²) in [5.41, 5.74) is 13.5. The zero-order valence-corrected chi connectivity index (χ0v) is 10.8. The summed E-state index contributed by atoms with van der Waals surface area (Å²) in [5.74, 6) is 0.844. The Morgan fingerprint density at radius 1 is 1.10 bits per heavy atom. The van der Waals surface area contributed by atoms with Crippen molar-refractivity contribution in [2.45, 2.75) is 13.5 Å². The number of halogens is 1. The molecule has 0 atom stereocenters. The van der Waals surface area contributed by atoms with Crippen LogP contribution in [0, 0.1) is 12.7 Å². The van der Waals surface area contributed by atoms with Gasteiger partial charge in [0.15, 0.2) is 17.0 Å². The third kappa shape index (κ3) is 2.03. The highest BCUT2D eigenvalue weighted by atomic mass is 19.1. The molecule has 0 aliphatic heterocycles. The molecule has 0 aliphatic rings. The molecule has 1 aromatic carbocycles. The van der Waals surface area contributed by atoms with E-state index in [-0.39, 0.29) is 17.6 Å². The van der Waals surface area contributed by atoms with Gasteiger partial charge < -0.3 is 16.0 Å². The third-order valence-electron chi connectivity index (χ3n) is 3.08. The summed E-state index contributed by atoms with van der Waals surface area (Å²) in [5, 5.41) is 0. The fourth-order valence-electron chi connectivity index (χ4n) is 2.11. The van der Waals surface area contributed by atoms with Gasteiger partial charge in [0.05, 0.1) is 6.54 Å². The average Bonchev–Trinajstić information content (AvgIpc) is 2.70. The van der Waals surface area contributed by atoms with Gasteiger partial charge in [-0.05, 0) is 24.6 Å². The Balaban J connectivity index is 2.11. The van der Waals surface area contributed by atoms with E-state index in [9.17, 15) is 4.39 Å². The number of nitrogens with two attached hydrogens (primary N) is 2. The molecule has 7 heteroatoms. The fraction of sp³-hybridized carbons (Fsp3) is 0.154. The van der Waals surface area contributed by atoms with E-state index in [4.69, 9.17) is 11.5 Å². The first-order valence-corrected chi connectivity index (χ1v) is 6.05. The van der Waals surface area contributed by atoms with Crippen molar-refractivity contribution in [1.29, 1.82) is 0 Å². The monoisotopic (exact) mass is 272 g/mol. The summed E-state index contributed by atoms with van der Waals surface area (Å²) in [7, 11) is 0. The van der Waals surface area contributed by atoms with Crippen molar-refractivity contribution >= 4 is 22.9 Å². The number of nitrogens with zero attached hydrogens (tertiary/aromatic N) is 4. The minimum Gasteiger partial charge on any atom is -0.382 e. The van der Waals surface area contributed by atoms with E-state index < -0.39 is 0 Å². The average molecular weight is 272 g/mol. The van der Waals surface area contributed by atoms with Gasteiger partial charge >= 0.3 is 0 Å². The quantitative estimate of drug-likeness (QED) is 0.736. The lowest BCUT2D eigenvalue weighted by Gasteiger charge is -2.06. The van der Waals surface area contributed by atoms with E-state index in [0.29, 0.717) is 17.7 Å². The lowest BCUT2D eigenvalue weighted by molar-refractivity contribution is 0.626. The zero-order chi connectivity index (χ0) is 14.3. The molecule has 6 nitrogen and oxygen atoms in total. The molecule has 0 amide bonds. The highest BCUT2D eigenvalue weighted by Crippen LogP contribution is 2.20. The van der Waals surface area contributed by atoms with Crippen molar-refractivity contribution in [3.63, 3.8) is 0 Å². The highest BCUT2D eigenvalue weighted by molar-refractivity contribution is 5.83. The summed E-state index contributed by atoms with van der Waals surface area (Å²) in [6.45, 7) is 2.36. The van der Waals surface area contributed by atoms with Crippen molar-refractivity contribution in [1.82, 2.24) is 19.5 Å². The Bertz CT molecular complexity index is 778. The lowest BCUT2D eigenvalue weighted by atomic mass is 10.2. The first kappa shape index (κ1) is 12.3. The van der Waals surface area contributed by atoms with Crippen LogP contribution in [0.5, 0.6) is 0 Å². The van der Waals surface area contributed by atoms with E-state index in [0.717, 1.165) is 11.4 Å². The van der Waals surface area contributed by atoms with Crippen LogP contribution in [0.3, 0.4) is 0 Å². The van der Waals surface area contributed by atoms with E-state index >= 15 is 0 Å². The van der Waals surface area contributed by atoms with Gasteiger partial charge in [0.25, 0.3) is 0 Å². The smallest absolute Gasteiger partial charge is 0.224 e. The maximum Gasteiger partial charge on any atom is 0.224 e. The molecule has 0 saturated heterocycles. The van der Waals surface area contributed by atoms with Gasteiger partial charge in [0, 0.05) is 0 Å². The van der Waals surface area contributed by atoms with Crippen LogP contribution in [0.25, 0.3) is 11.2 Å². The Kier molecular flexibility index (Phi) is 2.74. The number of benzene rings is 1. The van der Waals surface area contributed by atoms with Crippen LogP contribution in [0.2, 0.25) is 0 Å². The molecule has 0 saturated carbocycles. The lowest BCUT2D eigenvalue weighted by Crippen LogP contribution is -2.05. The molecule has 0 bridgehead atoms. The number of aromatic nitrogens is 4. The Morgan fingerprint density at radius 2 is 1.80 bits per heavy atom. The van der Waals surface area contributed by atoms with Crippen LogP contribution in [-0.2, 0) is 6.54 Å². The molecule has 4 N–H and O–H groups in total. The number of hydrogen-bond acceptors (Lipinski definition) is 5. The summed E-state index contributed by atoms with van der Waals surface area (Å²) in [6, 6.07) is 6.27. The van der Waals surface area contributed by atoms with E-state index in [2.05, 4.69) is 15.0 Å². The molecule has 0 unspecified atom stereocenters. The maximum atomic E-state index is 12.9. The number of anilines is 2. The fourth-order valence-corrected chi connectivity index (χ4v) is 2.11. The summed E-state index contributed by atoms with van der Waals surface area (Å²) in [4.78, 5) is 12.4. The van der Waals surface area contributed by atoms with Crippen LogP contribution in [0.4, 0.5) is 16.2 Å². The molecule has 102 valence electrons. The summed E-state index contributed by atoms with van der Waals surface area (Å²) in [6.07, 6.45) is 0. The summed E-state index contributed by atoms with van der Waals surface area (Å²) < 4.78 is 14.8. The number of hydrogen-bond donors (Lipinski definition) is 2. The Morgan fingerprint density at radius 3 is 2.50 bits per heavy atom. The molecular formula is C13H13FN6. The first-order valence-electron chi connectivity index (χ1n) is 6.05. The minimum absolute atomic E-state index is 0.107. The predicted molar refractivity (Wildman–Crippen MR) is 74.4 cm³/mol. The van der Waals surface area contributed by atoms with Crippen molar-refractivity contribution in [3.8, 4) is 0 Å². The largest absolute Gasteiger partial charge is 0.382 e. The normalized spacial score (nSPS) is 11.1. The van der Waals surface area contributed by atoms with Gasteiger partial charge in [-0.3, -0.25) is 0 Å². The van der Waals surface area contributed by atoms with Crippen LogP contribution in [0.15, 0.2) is 24.3 Å². The van der Waals surface area contributed by atoms with Crippen molar-refractivity contribution in [2.24, 2.45) is 0 Å². The predicted octanol–water partition coefficient (Wildman–Crippen LogP) is 1.49. The Hall–Kier alpha value is -2.70. The number of nitrogen functional groups attached to an aromatic ring is 2. The van der Waals surface area contributed by atoms with E-state index in [1.807, 2.05) is 11.5 Å². The Labute approximate surface area is 114 Å². The highest BCUT2D eigenvalue weighted by Gasteiger charge is 2.13. The van der Waals surface area contributed by atoms with Gasteiger partial charge in [-0.2, -0.15) is 9.97 Å².